The van der Waals surface area contributed by atoms with E-state index in [0.717, 1.165) is 24.3 Å². The van der Waals surface area contributed by atoms with Crippen LogP contribution in [0.5, 0.6) is 0 Å². The molecule has 1 aromatic rings. The predicted molar refractivity (Wildman–Crippen MR) is 65.2 cm³/mol. The van der Waals surface area contributed by atoms with Crippen molar-refractivity contribution in [1.82, 2.24) is 5.32 Å². The number of hydrogen-bond donors (Lipinski definition) is 1. The molecule has 0 amide bonds. The van der Waals surface area contributed by atoms with Crippen LogP contribution in [0.2, 0.25) is 0 Å². The van der Waals surface area contributed by atoms with Gasteiger partial charge in [0.25, 0.3) is 0 Å². The molecule has 0 aromatic carbocycles. The van der Waals surface area contributed by atoms with Gasteiger partial charge in [0.15, 0.2) is 0 Å². The average Bonchev–Trinajstić information content (AvgIpc) is 2.69. The van der Waals surface area contributed by atoms with E-state index in [2.05, 4.69) is 25.7 Å². The summed E-state index contributed by atoms with van der Waals surface area (Å²) in [5.41, 5.74) is 1.12. The van der Waals surface area contributed by atoms with Crippen LogP contribution in [-0.2, 0) is 17.9 Å². The first kappa shape index (κ1) is 13.0. The van der Waals surface area contributed by atoms with Crippen molar-refractivity contribution in [2.75, 3.05) is 6.61 Å². The van der Waals surface area contributed by atoms with Gasteiger partial charge in [0.1, 0.15) is 5.76 Å². The molecule has 0 unspecified atom stereocenters. The highest BCUT2D eigenvalue weighted by Crippen LogP contribution is 2.12. The van der Waals surface area contributed by atoms with Gasteiger partial charge in [0.05, 0.1) is 26.0 Å². The molecule has 3 heteroatoms. The summed E-state index contributed by atoms with van der Waals surface area (Å²) in [6, 6.07) is 2.42. The Balaban J connectivity index is 2.34. The zero-order valence-corrected chi connectivity index (χ0v) is 10.2. The zero-order chi connectivity index (χ0) is 11.8. The van der Waals surface area contributed by atoms with E-state index < -0.39 is 0 Å². The zero-order valence-electron chi connectivity index (χ0n) is 10.2. The Bertz CT molecular complexity index is 305. The smallest absolute Gasteiger partial charge is 0.123 e. The van der Waals surface area contributed by atoms with Crippen molar-refractivity contribution in [2.24, 2.45) is 0 Å². The van der Waals surface area contributed by atoms with E-state index in [9.17, 15) is 0 Å². The van der Waals surface area contributed by atoms with Gasteiger partial charge in [-0.3, -0.25) is 0 Å². The van der Waals surface area contributed by atoms with Crippen molar-refractivity contribution in [3.8, 4) is 0 Å². The van der Waals surface area contributed by atoms with Gasteiger partial charge >= 0.3 is 0 Å². The molecule has 16 heavy (non-hydrogen) atoms. The molecule has 0 aliphatic rings. The second kappa shape index (κ2) is 7.25. The molecule has 1 rings (SSSR count). The maximum atomic E-state index is 5.51. The van der Waals surface area contributed by atoms with Crippen molar-refractivity contribution in [3.63, 3.8) is 0 Å². The Morgan fingerprint density at radius 1 is 1.56 bits per heavy atom. The predicted octanol–water partition coefficient (Wildman–Crippen LogP) is 2.87. The van der Waals surface area contributed by atoms with Gasteiger partial charge in [-0.15, -0.1) is 6.58 Å². The average molecular weight is 223 g/mol. The van der Waals surface area contributed by atoms with Gasteiger partial charge in [-0.1, -0.05) is 19.9 Å². The van der Waals surface area contributed by atoms with Crippen molar-refractivity contribution < 1.29 is 9.15 Å². The van der Waals surface area contributed by atoms with Crippen LogP contribution >= 0.6 is 0 Å². The van der Waals surface area contributed by atoms with E-state index in [0.29, 0.717) is 19.3 Å². The molecule has 90 valence electrons. The fourth-order valence-corrected chi connectivity index (χ4v) is 1.30. The van der Waals surface area contributed by atoms with Gasteiger partial charge < -0.3 is 14.5 Å². The molecule has 0 fully saturated rings. The number of furan rings is 1. The lowest BCUT2D eigenvalue weighted by atomic mass is 10.2. The molecule has 0 atom stereocenters. The lowest BCUT2D eigenvalue weighted by molar-refractivity contribution is 0.124. The first-order valence-corrected chi connectivity index (χ1v) is 5.71. The van der Waals surface area contributed by atoms with Crippen LogP contribution in [0.15, 0.2) is 29.4 Å². The minimum absolute atomic E-state index is 0.458. The summed E-state index contributed by atoms with van der Waals surface area (Å²) >= 11 is 0. The van der Waals surface area contributed by atoms with Crippen molar-refractivity contribution in [3.05, 3.63) is 36.3 Å². The van der Waals surface area contributed by atoms with Crippen LogP contribution in [-0.4, -0.2) is 12.6 Å². The second-order valence-corrected chi connectivity index (χ2v) is 4.03. The first-order chi connectivity index (χ1) is 7.74. The summed E-state index contributed by atoms with van der Waals surface area (Å²) in [5, 5.41) is 3.32. The van der Waals surface area contributed by atoms with Gasteiger partial charge in [0, 0.05) is 11.6 Å². The molecule has 0 aliphatic heterocycles. The molecule has 3 nitrogen and oxygen atoms in total. The monoisotopic (exact) mass is 223 g/mol. The Labute approximate surface area is 97.5 Å². The van der Waals surface area contributed by atoms with Crippen molar-refractivity contribution >= 4 is 0 Å². The quantitative estimate of drug-likeness (QED) is 0.543. The van der Waals surface area contributed by atoms with Crippen LogP contribution in [0, 0.1) is 0 Å². The largest absolute Gasteiger partial charge is 0.468 e. The van der Waals surface area contributed by atoms with E-state index >= 15 is 0 Å². The third-order valence-corrected chi connectivity index (χ3v) is 2.23. The van der Waals surface area contributed by atoms with E-state index in [4.69, 9.17) is 9.15 Å². The van der Waals surface area contributed by atoms with Crippen LogP contribution in [0.1, 0.15) is 31.6 Å². The fourth-order valence-electron chi connectivity index (χ4n) is 1.30. The Kier molecular flexibility index (Phi) is 5.90. The summed E-state index contributed by atoms with van der Waals surface area (Å²) in [4.78, 5) is 0. The Morgan fingerprint density at radius 2 is 2.38 bits per heavy atom. The van der Waals surface area contributed by atoms with Crippen molar-refractivity contribution in [2.45, 2.75) is 39.5 Å². The van der Waals surface area contributed by atoms with E-state index in [-0.39, 0.29) is 0 Å². The molecule has 0 bridgehead atoms. The standard InChI is InChI=1S/C13H21NO2/c1-4-5-7-15-10-12-6-8-16-13(12)9-14-11(2)3/h4,6,8,11,14H,1,5,7,9-10H2,2-3H3. The fraction of sp³-hybridized carbons (Fsp3) is 0.538. The van der Waals surface area contributed by atoms with Gasteiger partial charge in [-0.25, -0.2) is 0 Å². The summed E-state index contributed by atoms with van der Waals surface area (Å²) in [6.45, 7) is 9.96. The molecule has 0 aliphatic carbocycles. The van der Waals surface area contributed by atoms with Crippen molar-refractivity contribution in [1.29, 1.82) is 0 Å². The number of nitrogens with one attached hydrogen (secondary N) is 1. The summed E-state index contributed by atoms with van der Waals surface area (Å²) in [5.74, 6) is 0.965. The molecule has 1 N–H and O–H groups in total. The SMILES string of the molecule is C=CCCOCc1ccoc1CNC(C)C. The maximum absolute atomic E-state index is 5.51. The van der Waals surface area contributed by atoms with E-state index in [1.807, 2.05) is 12.1 Å². The summed E-state index contributed by atoms with van der Waals surface area (Å²) < 4.78 is 10.9. The maximum Gasteiger partial charge on any atom is 0.123 e. The van der Waals surface area contributed by atoms with Crippen LogP contribution in [0.25, 0.3) is 0 Å². The number of ether oxygens (including phenoxy) is 1. The topological polar surface area (TPSA) is 34.4 Å². The normalized spacial score (nSPS) is 10.9. The second-order valence-electron chi connectivity index (χ2n) is 4.03. The minimum Gasteiger partial charge on any atom is -0.468 e. The van der Waals surface area contributed by atoms with Gasteiger partial charge in [-0.2, -0.15) is 0 Å². The highest BCUT2D eigenvalue weighted by atomic mass is 16.5. The van der Waals surface area contributed by atoms with E-state index in [1.54, 1.807) is 6.26 Å². The van der Waals surface area contributed by atoms with Gasteiger partial charge in [0.2, 0.25) is 0 Å². The van der Waals surface area contributed by atoms with Crippen LogP contribution < -0.4 is 5.32 Å². The Morgan fingerprint density at radius 3 is 3.06 bits per heavy atom. The van der Waals surface area contributed by atoms with E-state index in [1.165, 1.54) is 0 Å². The van der Waals surface area contributed by atoms with Crippen LogP contribution in [0.3, 0.4) is 0 Å². The molecule has 0 saturated heterocycles. The molecule has 0 radical (unpaired) electrons. The number of rotatable bonds is 8. The first-order valence-electron chi connectivity index (χ1n) is 5.71. The molecule has 0 saturated carbocycles. The number of hydrogen-bond acceptors (Lipinski definition) is 3. The highest BCUT2D eigenvalue weighted by Gasteiger charge is 2.06. The third kappa shape index (κ3) is 4.64. The highest BCUT2D eigenvalue weighted by molar-refractivity contribution is 5.15. The lowest BCUT2D eigenvalue weighted by Gasteiger charge is -2.08. The summed E-state index contributed by atoms with van der Waals surface area (Å²) in [7, 11) is 0. The minimum atomic E-state index is 0.458. The third-order valence-electron chi connectivity index (χ3n) is 2.23. The Hall–Kier alpha value is -1.06. The molecule has 0 spiro atoms. The molecule has 1 aromatic heterocycles. The summed E-state index contributed by atoms with van der Waals surface area (Å²) in [6.07, 6.45) is 4.46. The van der Waals surface area contributed by atoms with Gasteiger partial charge in [-0.05, 0) is 12.5 Å². The van der Waals surface area contributed by atoms with Crippen LogP contribution in [0.4, 0.5) is 0 Å². The molecular formula is C13H21NO2. The lowest BCUT2D eigenvalue weighted by Crippen LogP contribution is -2.22. The molecular weight excluding hydrogens is 202 g/mol. The molecule has 1 heterocycles.